The van der Waals surface area contributed by atoms with Gasteiger partial charge in [-0.2, -0.15) is 4.31 Å². The van der Waals surface area contributed by atoms with Gasteiger partial charge in [-0.05, 0) is 47.9 Å². The smallest absolute Gasteiger partial charge is 0.252 e. The van der Waals surface area contributed by atoms with Gasteiger partial charge in [0.05, 0.1) is 0 Å². The van der Waals surface area contributed by atoms with Gasteiger partial charge in [0, 0.05) is 24.7 Å². The molecule has 140 valence electrons. The molecule has 3 rings (SSSR count). The van der Waals surface area contributed by atoms with Gasteiger partial charge in [0.1, 0.15) is 4.21 Å². The maximum absolute atomic E-state index is 12.5. The molecule has 1 N–H and O–H groups in total. The Morgan fingerprint density at radius 2 is 1.81 bits per heavy atom. The maximum Gasteiger partial charge on any atom is 0.252 e. The summed E-state index contributed by atoms with van der Waals surface area (Å²) in [5.41, 5.74) is 2.02. The average molecular weight is 393 g/mol. The van der Waals surface area contributed by atoms with Gasteiger partial charge in [-0.1, -0.05) is 32.0 Å². The van der Waals surface area contributed by atoms with E-state index in [2.05, 4.69) is 19.2 Å². The first kappa shape index (κ1) is 19.1. The maximum atomic E-state index is 12.5. The van der Waals surface area contributed by atoms with Crippen molar-refractivity contribution in [1.29, 1.82) is 0 Å². The minimum atomic E-state index is -3.42. The Balaban J connectivity index is 1.57. The molecule has 1 saturated heterocycles. The standard InChI is InChI=1S/C19H24N2O3S2/c1-14(2)15-5-7-17(8-6-15)20-19(22)16-9-11-21(12-10-16)26(23,24)18-4-3-13-25-18/h3-8,13-14,16H,9-12H2,1-2H3,(H,20,22). The van der Waals surface area contributed by atoms with E-state index in [4.69, 9.17) is 0 Å². The lowest BCUT2D eigenvalue weighted by Gasteiger charge is -2.30. The third-order valence-corrected chi connectivity index (χ3v) is 8.03. The van der Waals surface area contributed by atoms with E-state index >= 15 is 0 Å². The van der Waals surface area contributed by atoms with Gasteiger partial charge < -0.3 is 5.32 Å². The molecular formula is C19H24N2O3S2. The van der Waals surface area contributed by atoms with E-state index in [9.17, 15) is 13.2 Å². The Kier molecular flexibility index (Phi) is 5.79. The van der Waals surface area contributed by atoms with Crippen LogP contribution in [0.4, 0.5) is 5.69 Å². The third kappa shape index (κ3) is 4.16. The molecule has 0 spiro atoms. The van der Waals surface area contributed by atoms with E-state index in [0.29, 0.717) is 36.1 Å². The molecule has 5 nitrogen and oxygen atoms in total. The Morgan fingerprint density at radius 3 is 2.35 bits per heavy atom. The van der Waals surface area contributed by atoms with Crippen LogP contribution in [-0.2, 0) is 14.8 Å². The molecule has 1 aliphatic heterocycles. The minimum absolute atomic E-state index is 0.0320. The molecule has 1 amide bonds. The van der Waals surface area contributed by atoms with Crippen LogP contribution in [0.3, 0.4) is 0 Å². The topological polar surface area (TPSA) is 66.5 Å². The molecule has 2 aromatic rings. The minimum Gasteiger partial charge on any atom is -0.326 e. The highest BCUT2D eigenvalue weighted by Gasteiger charge is 2.32. The van der Waals surface area contributed by atoms with E-state index < -0.39 is 10.0 Å². The van der Waals surface area contributed by atoms with Crippen molar-refractivity contribution in [1.82, 2.24) is 4.31 Å². The lowest BCUT2D eigenvalue weighted by Crippen LogP contribution is -2.41. The predicted molar refractivity (Wildman–Crippen MR) is 105 cm³/mol. The number of piperidine rings is 1. The number of hydrogen-bond acceptors (Lipinski definition) is 4. The van der Waals surface area contributed by atoms with Crippen molar-refractivity contribution >= 4 is 33.0 Å². The highest BCUT2D eigenvalue weighted by molar-refractivity contribution is 7.91. The second-order valence-electron chi connectivity index (χ2n) is 6.88. The fourth-order valence-corrected chi connectivity index (χ4v) is 5.71. The van der Waals surface area contributed by atoms with Crippen molar-refractivity contribution in [2.24, 2.45) is 5.92 Å². The van der Waals surface area contributed by atoms with Crippen LogP contribution in [0.1, 0.15) is 38.2 Å². The molecule has 0 atom stereocenters. The summed E-state index contributed by atoms with van der Waals surface area (Å²) in [4.78, 5) is 12.5. The number of hydrogen-bond donors (Lipinski definition) is 1. The summed E-state index contributed by atoms with van der Waals surface area (Å²) in [7, 11) is -3.42. The molecule has 0 radical (unpaired) electrons. The predicted octanol–water partition coefficient (Wildman–Crippen LogP) is 3.91. The first-order chi connectivity index (χ1) is 12.4. The molecule has 0 aliphatic carbocycles. The number of benzene rings is 1. The fraction of sp³-hybridized carbons (Fsp3) is 0.421. The zero-order valence-electron chi connectivity index (χ0n) is 15.0. The molecule has 7 heteroatoms. The van der Waals surface area contributed by atoms with Crippen molar-refractivity contribution in [3.63, 3.8) is 0 Å². The van der Waals surface area contributed by atoms with Crippen LogP contribution in [0.5, 0.6) is 0 Å². The van der Waals surface area contributed by atoms with Crippen LogP contribution in [0.15, 0.2) is 46.0 Å². The van der Waals surface area contributed by atoms with Crippen molar-refractivity contribution < 1.29 is 13.2 Å². The summed E-state index contributed by atoms with van der Waals surface area (Å²) in [6, 6.07) is 11.3. The third-order valence-electron chi connectivity index (χ3n) is 4.76. The van der Waals surface area contributed by atoms with Crippen molar-refractivity contribution in [2.45, 2.75) is 36.8 Å². The van der Waals surface area contributed by atoms with Gasteiger partial charge in [-0.3, -0.25) is 4.79 Å². The van der Waals surface area contributed by atoms with E-state index in [1.54, 1.807) is 17.5 Å². The Bertz CT molecular complexity index is 835. The Morgan fingerprint density at radius 1 is 1.15 bits per heavy atom. The summed E-state index contributed by atoms with van der Waals surface area (Å²) < 4.78 is 26.9. The van der Waals surface area contributed by atoms with Crippen LogP contribution in [0.25, 0.3) is 0 Å². The largest absolute Gasteiger partial charge is 0.326 e. The molecule has 26 heavy (non-hydrogen) atoms. The van der Waals surface area contributed by atoms with Gasteiger partial charge in [0.15, 0.2) is 0 Å². The van der Waals surface area contributed by atoms with E-state index in [-0.39, 0.29) is 11.8 Å². The average Bonchev–Trinajstić information content (AvgIpc) is 3.18. The monoisotopic (exact) mass is 392 g/mol. The number of nitrogens with one attached hydrogen (secondary N) is 1. The van der Waals surface area contributed by atoms with Crippen LogP contribution >= 0.6 is 11.3 Å². The molecule has 1 aliphatic rings. The molecule has 2 heterocycles. The van der Waals surface area contributed by atoms with Gasteiger partial charge in [-0.25, -0.2) is 8.42 Å². The van der Waals surface area contributed by atoms with E-state index in [1.165, 1.54) is 21.2 Å². The van der Waals surface area contributed by atoms with Crippen LogP contribution in [0, 0.1) is 5.92 Å². The van der Waals surface area contributed by atoms with Crippen LogP contribution in [0.2, 0.25) is 0 Å². The highest BCUT2D eigenvalue weighted by atomic mass is 32.2. The number of carbonyl (C=O) groups is 1. The number of thiophene rings is 1. The molecule has 0 bridgehead atoms. The summed E-state index contributed by atoms with van der Waals surface area (Å²) in [6.07, 6.45) is 1.08. The van der Waals surface area contributed by atoms with Crippen LogP contribution < -0.4 is 5.32 Å². The van der Waals surface area contributed by atoms with Gasteiger partial charge in [-0.15, -0.1) is 11.3 Å². The lowest BCUT2D eigenvalue weighted by atomic mass is 9.97. The summed E-state index contributed by atoms with van der Waals surface area (Å²) in [6.45, 7) is 5.02. The van der Waals surface area contributed by atoms with E-state index in [0.717, 1.165) is 5.69 Å². The highest BCUT2D eigenvalue weighted by Crippen LogP contribution is 2.27. The number of carbonyl (C=O) groups excluding carboxylic acids is 1. The summed E-state index contributed by atoms with van der Waals surface area (Å²) >= 11 is 1.23. The van der Waals surface area contributed by atoms with E-state index in [1.807, 2.05) is 24.3 Å². The fourth-order valence-electron chi connectivity index (χ4n) is 3.09. The summed E-state index contributed by atoms with van der Waals surface area (Å²) in [5, 5.41) is 4.72. The first-order valence-electron chi connectivity index (χ1n) is 8.82. The lowest BCUT2D eigenvalue weighted by molar-refractivity contribution is -0.120. The zero-order chi connectivity index (χ0) is 18.7. The number of sulfonamides is 1. The first-order valence-corrected chi connectivity index (χ1v) is 11.1. The molecule has 1 aromatic carbocycles. The van der Waals surface area contributed by atoms with Gasteiger partial charge in [0.25, 0.3) is 10.0 Å². The molecule has 1 aromatic heterocycles. The molecular weight excluding hydrogens is 368 g/mol. The second-order valence-corrected chi connectivity index (χ2v) is 9.99. The quantitative estimate of drug-likeness (QED) is 0.839. The normalized spacial score (nSPS) is 16.7. The number of nitrogens with zero attached hydrogens (tertiary/aromatic N) is 1. The molecule has 1 fully saturated rings. The molecule has 0 unspecified atom stereocenters. The SMILES string of the molecule is CC(C)c1ccc(NC(=O)C2CCN(S(=O)(=O)c3cccs3)CC2)cc1. The number of rotatable bonds is 5. The summed E-state index contributed by atoms with van der Waals surface area (Å²) in [5.74, 6) is 0.263. The van der Waals surface area contributed by atoms with Gasteiger partial charge in [0.2, 0.25) is 5.91 Å². The Labute approximate surface area is 159 Å². The number of anilines is 1. The van der Waals surface area contributed by atoms with Crippen LogP contribution in [-0.4, -0.2) is 31.7 Å². The Hall–Kier alpha value is -1.70. The molecule has 0 saturated carbocycles. The number of amides is 1. The van der Waals surface area contributed by atoms with Crippen molar-refractivity contribution in [3.05, 3.63) is 47.3 Å². The second kappa shape index (κ2) is 7.90. The zero-order valence-corrected chi connectivity index (χ0v) is 16.6. The van der Waals surface area contributed by atoms with Gasteiger partial charge >= 0.3 is 0 Å². The van der Waals surface area contributed by atoms with Crippen molar-refractivity contribution in [3.8, 4) is 0 Å². The van der Waals surface area contributed by atoms with Crippen molar-refractivity contribution in [2.75, 3.05) is 18.4 Å².